The summed E-state index contributed by atoms with van der Waals surface area (Å²) in [5, 5.41) is 9.58. The van der Waals surface area contributed by atoms with Gasteiger partial charge in [-0.1, -0.05) is 30.3 Å². The minimum absolute atomic E-state index is 0.289. The van der Waals surface area contributed by atoms with E-state index in [-0.39, 0.29) is 18.6 Å². The minimum atomic E-state index is -0.433. The maximum Gasteiger partial charge on any atom is 0.338 e. The van der Waals surface area contributed by atoms with Gasteiger partial charge in [0, 0.05) is 23.6 Å². The third-order valence-corrected chi connectivity index (χ3v) is 5.97. The van der Waals surface area contributed by atoms with Crippen molar-refractivity contribution in [1.82, 2.24) is 10.2 Å². The molecule has 1 heterocycles. The van der Waals surface area contributed by atoms with Gasteiger partial charge < -0.3 is 25.6 Å². The van der Waals surface area contributed by atoms with Crippen molar-refractivity contribution in [2.75, 3.05) is 23.8 Å². The lowest BCUT2D eigenvalue weighted by Gasteiger charge is -2.37. The fourth-order valence-corrected chi connectivity index (χ4v) is 4.32. The van der Waals surface area contributed by atoms with Gasteiger partial charge in [-0.25, -0.2) is 9.59 Å². The molecule has 33 heavy (non-hydrogen) atoms. The molecule has 174 valence electrons. The first kappa shape index (κ1) is 24.3. The van der Waals surface area contributed by atoms with Crippen LogP contribution in [0, 0.1) is 13.8 Å². The maximum absolute atomic E-state index is 12.7. The SMILES string of the molecule is CCOC(=O)C1=C(C)N(CC)C(=S)NC1c1ccc(NC(=O)Nc2c(C)cccc2C)cc1. The summed E-state index contributed by atoms with van der Waals surface area (Å²) in [6.07, 6.45) is 0. The molecule has 3 rings (SSSR count). The van der Waals surface area contributed by atoms with Crippen LogP contribution < -0.4 is 16.0 Å². The highest BCUT2D eigenvalue weighted by molar-refractivity contribution is 7.80. The molecule has 1 aliphatic heterocycles. The quantitative estimate of drug-likeness (QED) is 0.409. The molecule has 0 saturated carbocycles. The number of urea groups is 1. The number of hydrogen-bond acceptors (Lipinski definition) is 4. The Morgan fingerprint density at radius 3 is 2.24 bits per heavy atom. The van der Waals surface area contributed by atoms with Gasteiger partial charge in [0.1, 0.15) is 0 Å². The molecule has 0 saturated heterocycles. The van der Waals surface area contributed by atoms with Crippen molar-refractivity contribution >= 4 is 40.7 Å². The van der Waals surface area contributed by atoms with Crippen molar-refractivity contribution in [2.45, 2.75) is 40.7 Å². The Balaban J connectivity index is 1.80. The number of carbonyl (C=O) groups excluding carboxylic acids is 2. The number of rotatable bonds is 6. The molecular weight excluding hydrogens is 436 g/mol. The number of aryl methyl sites for hydroxylation is 2. The fraction of sp³-hybridized carbons (Fsp3) is 0.320. The van der Waals surface area contributed by atoms with Crippen molar-refractivity contribution in [3.8, 4) is 0 Å². The van der Waals surface area contributed by atoms with E-state index in [0.29, 0.717) is 22.9 Å². The Morgan fingerprint density at radius 2 is 1.67 bits per heavy atom. The van der Waals surface area contributed by atoms with Gasteiger partial charge in [0.2, 0.25) is 0 Å². The lowest BCUT2D eigenvalue weighted by Crippen LogP contribution is -2.47. The third kappa shape index (κ3) is 5.34. The van der Waals surface area contributed by atoms with E-state index in [0.717, 1.165) is 28.1 Å². The summed E-state index contributed by atoms with van der Waals surface area (Å²) < 4.78 is 5.31. The van der Waals surface area contributed by atoms with Crippen LogP contribution in [0.4, 0.5) is 16.2 Å². The first-order valence-electron chi connectivity index (χ1n) is 11.0. The lowest BCUT2D eigenvalue weighted by atomic mass is 9.95. The number of benzene rings is 2. The van der Waals surface area contributed by atoms with E-state index in [1.807, 2.05) is 62.9 Å². The summed E-state index contributed by atoms with van der Waals surface area (Å²) in [5.74, 6) is -0.372. The Kier molecular flexibility index (Phi) is 7.71. The second kappa shape index (κ2) is 10.5. The smallest absolute Gasteiger partial charge is 0.338 e. The molecule has 2 aromatic rings. The van der Waals surface area contributed by atoms with Crippen LogP contribution in [-0.2, 0) is 9.53 Å². The molecule has 2 aromatic carbocycles. The number of ether oxygens (including phenoxy) is 1. The zero-order chi connectivity index (χ0) is 24.1. The van der Waals surface area contributed by atoms with Gasteiger partial charge in [0.25, 0.3) is 0 Å². The molecule has 3 N–H and O–H groups in total. The van der Waals surface area contributed by atoms with E-state index in [9.17, 15) is 9.59 Å². The van der Waals surface area contributed by atoms with Gasteiger partial charge >= 0.3 is 12.0 Å². The summed E-state index contributed by atoms with van der Waals surface area (Å²) in [5.41, 5.74) is 5.57. The van der Waals surface area contributed by atoms with Crippen molar-refractivity contribution in [3.05, 3.63) is 70.4 Å². The number of allylic oxidation sites excluding steroid dienone is 1. The molecule has 0 aromatic heterocycles. The summed E-state index contributed by atoms with van der Waals surface area (Å²) >= 11 is 5.51. The average molecular weight is 467 g/mol. The number of hydrogen-bond donors (Lipinski definition) is 3. The highest BCUT2D eigenvalue weighted by Crippen LogP contribution is 2.32. The van der Waals surface area contributed by atoms with Crippen LogP contribution in [-0.4, -0.2) is 35.2 Å². The lowest BCUT2D eigenvalue weighted by molar-refractivity contribution is -0.139. The highest BCUT2D eigenvalue weighted by atomic mass is 32.1. The number of esters is 1. The molecule has 0 fully saturated rings. The zero-order valence-electron chi connectivity index (χ0n) is 19.6. The van der Waals surface area contributed by atoms with Crippen molar-refractivity contribution in [2.24, 2.45) is 0 Å². The predicted octanol–water partition coefficient (Wildman–Crippen LogP) is 5.04. The van der Waals surface area contributed by atoms with Crippen LogP contribution in [0.5, 0.6) is 0 Å². The van der Waals surface area contributed by atoms with E-state index >= 15 is 0 Å². The second-order valence-electron chi connectivity index (χ2n) is 7.81. The summed E-state index contributed by atoms with van der Waals surface area (Å²) in [6.45, 7) is 10.5. The molecule has 0 radical (unpaired) electrons. The minimum Gasteiger partial charge on any atom is -0.463 e. The number of carbonyl (C=O) groups is 2. The van der Waals surface area contributed by atoms with Gasteiger partial charge in [0.15, 0.2) is 5.11 Å². The van der Waals surface area contributed by atoms with Crippen molar-refractivity contribution in [3.63, 3.8) is 0 Å². The van der Waals surface area contributed by atoms with Gasteiger partial charge in [0.05, 0.1) is 18.2 Å². The molecular formula is C25H30N4O3S. The second-order valence-corrected chi connectivity index (χ2v) is 8.20. The van der Waals surface area contributed by atoms with E-state index in [2.05, 4.69) is 16.0 Å². The zero-order valence-corrected chi connectivity index (χ0v) is 20.4. The van der Waals surface area contributed by atoms with E-state index < -0.39 is 6.04 Å². The Labute approximate surface area is 200 Å². The van der Waals surface area contributed by atoms with Gasteiger partial charge in [-0.2, -0.15) is 0 Å². The van der Waals surface area contributed by atoms with Gasteiger partial charge in [-0.15, -0.1) is 0 Å². The van der Waals surface area contributed by atoms with E-state index in [1.165, 1.54) is 0 Å². The molecule has 0 aliphatic carbocycles. The van der Waals surface area contributed by atoms with Crippen LogP contribution >= 0.6 is 12.2 Å². The van der Waals surface area contributed by atoms with Gasteiger partial charge in [-0.05, 0) is 75.7 Å². The molecule has 1 unspecified atom stereocenters. The molecule has 0 bridgehead atoms. The Morgan fingerprint density at radius 1 is 1.03 bits per heavy atom. The monoisotopic (exact) mass is 466 g/mol. The number of anilines is 2. The standard InChI is InChI=1S/C25H30N4O3S/c1-6-29-17(5)20(23(30)32-7-2)22(28-25(29)33)18-11-13-19(14-12-18)26-24(31)27-21-15(3)9-8-10-16(21)4/h8-14,22H,6-7H2,1-5H3,(H,28,33)(H2,26,27,31). The molecule has 7 nitrogen and oxygen atoms in total. The number of nitrogens with one attached hydrogen (secondary N) is 3. The summed E-state index contributed by atoms with van der Waals surface area (Å²) in [6, 6.07) is 12.4. The molecule has 0 spiro atoms. The molecule has 1 aliphatic rings. The van der Waals surface area contributed by atoms with Crippen LogP contribution in [0.3, 0.4) is 0 Å². The van der Waals surface area contributed by atoms with Crippen molar-refractivity contribution in [1.29, 1.82) is 0 Å². The Hall–Kier alpha value is -3.39. The van der Waals surface area contributed by atoms with Crippen LogP contribution in [0.15, 0.2) is 53.7 Å². The van der Waals surface area contributed by atoms with E-state index in [1.54, 1.807) is 19.1 Å². The molecule has 1 atom stereocenters. The fourth-order valence-electron chi connectivity index (χ4n) is 3.93. The third-order valence-electron chi connectivity index (χ3n) is 5.63. The first-order valence-corrected chi connectivity index (χ1v) is 11.4. The normalized spacial score (nSPS) is 15.7. The number of para-hydroxylation sites is 1. The summed E-state index contributed by atoms with van der Waals surface area (Å²) in [4.78, 5) is 27.1. The Bertz CT molecular complexity index is 1080. The highest BCUT2D eigenvalue weighted by Gasteiger charge is 2.34. The van der Waals surface area contributed by atoms with Crippen molar-refractivity contribution < 1.29 is 14.3 Å². The average Bonchev–Trinajstić information content (AvgIpc) is 2.77. The van der Waals surface area contributed by atoms with E-state index in [4.69, 9.17) is 17.0 Å². The summed E-state index contributed by atoms with van der Waals surface area (Å²) in [7, 11) is 0. The molecule has 2 amide bonds. The number of nitrogens with zero attached hydrogens (tertiary/aromatic N) is 1. The molecule has 8 heteroatoms. The topological polar surface area (TPSA) is 82.7 Å². The van der Waals surface area contributed by atoms with Crippen LogP contribution in [0.1, 0.15) is 43.5 Å². The van der Waals surface area contributed by atoms with Gasteiger partial charge in [-0.3, -0.25) is 0 Å². The number of thiocarbonyl (C=S) groups is 1. The van der Waals surface area contributed by atoms with Crippen LogP contribution in [0.2, 0.25) is 0 Å². The largest absolute Gasteiger partial charge is 0.463 e. The number of amides is 2. The maximum atomic E-state index is 12.7. The predicted molar refractivity (Wildman–Crippen MR) is 135 cm³/mol. The first-order chi connectivity index (χ1) is 15.8. The van der Waals surface area contributed by atoms with Crippen LogP contribution in [0.25, 0.3) is 0 Å².